The number of hydrogen-bond donors (Lipinski definition) is 3. The first-order valence-corrected chi connectivity index (χ1v) is 7.15. The van der Waals surface area contributed by atoms with Gasteiger partial charge in [-0.1, -0.05) is 31.2 Å². The van der Waals surface area contributed by atoms with Crippen LogP contribution in [0.1, 0.15) is 25.0 Å². The Morgan fingerprint density at radius 2 is 1.81 bits per heavy atom. The Hall–Kier alpha value is -1.92. The Labute approximate surface area is 125 Å². The Kier molecular flexibility index (Phi) is 7.42. The predicted molar refractivity (Wildman–Crippen MR) is 82.1 cm³/mol. The van der Waals surface area contributed by atoms with E-state index < -0.39 is 0 Å². The first-order valence-electron chi connectivity index (χ1n) is 7.15. The number of carbonyl (C=O) groups excluding carboxylic acids is 2. The maximum Gasteiger partial charge on any atom is 0.238 e. The molecule has 116 valence electrons. The van der Waals surface area contributed by atoms with Gasteiger partial charge >= 0.3 is 0 Å². The maximum absolute atomic E-state index is 11.7. The van der Waals surface area contributed by atoms with Gasteiger partial charge in [0.15, 0.2) is 0 Å². The molecular formula is C15H24N4O2. The van der Waals surface area contributed by atoms with Crippen LogP contribution in [0.2, 0.25) is 0 Å². The summed E-state index contributed by atoms with van der Waals surface area (Å²) >= 11 is 0. The molecular weight excluding hydrogens is 268 g/mol. The summed E-state index contributed by atoms with van der Waals surface area (Å²) in [4.78, 5) is 25.1. The van der Waals surface area contributed by atoms with Crippen molar-refractivity contribution in [2.45, 2.75) is 26.8 Å². The molecule has 1 rings (SSSR count). The fourth-order valence-electron chi connectivity index (χ4n) is 2.08. The van der Waals surface area contributed by atoms with Crippen LogP contribution in [0.3, 0.4) is 0 Å². The number of likely N-dealkylation sites (N-methyl/N-ethyl adjacent to an activating group) is 2. The largest absolute Gasteiger partial charge is 0.355 e. The first kappa shape index (κ1) is 17.1. The van der Waals surface area contributed by atoms with E-state index in [0.29, 0.717) is 19.6 Å². The average Bonchev–Trinajstić information content (AvgIpc) is 2.48. The van der Waals surface area contributed by atoms with Crippen molar-refractivity contribution in [1.82, 2.24) is 15.6 Å². The molecule has 0 atom stereocenters. The van der Waals surface area contributed by atoms with Crippen LogP contribution < -0.4 is 16.6 Å². The molecule has 6 heteroatoms. The normalized spacial score (nSPS) is 10.5. The number of hydrazine groups is 1. The third kappa shape index (κ3) is 5.93. The van der Waals surface area contributed by atoms with Crippen LogP contribution in [-0.2, 0) is 22.6 Å². The molecule has 0 spiro atoms. The lowest BCUT2D eigenvalue weighted by Crippen LogP contribution is -2.37. The van der Waals surface area contributed by atoms with E-state index in [1.54, 1.807) is 0 Å². The molecule has 4 N–H and O–H groups in total. The molecule has 0 aliphatic carbocycles. The number of carbonyl (C=O) groups is 2. The molecule has 0 saturated carbocycles. The lowest BCUT2D eigenvalue weighted by Gasteiger charge is -2.21. The standard InChI is InChI=1S/C15H24N4O2/c1-3-17-15(21)11-19(4-2)10-13-8-6-5-7-12(13)9-14(20)18-16/h5-8H,3-4,9-11,16H2,1-2H3,(H,17,21)(H,18,20). The number of nitrogens with one attached hydrogen (secondary N) is 2. The zero-order valence-electron chi connectivity index (χ0n) is 12.7. The molecule has 0 aromatic heterocycles. The van der Waals surface area contributed by atoms with Crippen molar-refractivity contribution in [2.24, 2.45) is 5.84 Å². The number of rotatable bonds is 8. The number of amides is 2. The van der Waals surface area contributed by atoms with Crippen molar-refractivity contribution in [3.8, 4) is 0 Å². The molecule has 0 fully saturated rings. The molecule has 0 aliphatic heterocycles. The van der Waals surface area contributed by atoms with Crippen LogP contribution in [-0.4, -0.2) is 36.3 Å². The summed E-state index contributed by atoms with van der Waals surface area (Å²) in [6, 6.07) is 7.70. The van der Waals surface area contributed by atoms with Gasteiger partial charge in [-0.25, -0.2) is 5.84 Å². The molecule has 1 aromatic carbocycles. The Balaban J connectivity index is 2.75. The van der Waals surface area contributed by atoms with Crippen molar-refractivity contribution in [3.05, 3.63) is 35.4 Å². The third-order valence-electron chi connectivity index (χ3n) is 3.21. The summed E-state index contributed by atoms with van der Waals surface area (Å²) in [5, 5.41) is 2.79. The van der Waals surface area contributed by atoms with Gasteiger partial charge in [0.2, 0.25) is 11.8 Å². The molecule has 0 unspecified atom stereocenters. The zero-order valence-corrected chi connectivity index (χ0v) is 12.7. The fraction of sp³-hybridized carbons (Fsp3) is 0.467. The molecule has 0 saturated heterocycles. The highest BCUT2D eigenvalue weighted by atomic mass is 16.2. The maximum atomic E-state index is 11.7. The SMILES string of the molecule is CCNC(=O)CN(CC)Cc1ccccc1CC(=O)NN. The summed E-state index contributed by atoms with van der Waals surface area (Å²) in [6.45, 7) is 6.27. The van der Waals surface area contributed by atoms with Crippen molar-refractivity contribution >= 4 is 11.8 Å². The van der Waals surface area contributed by atoms with Crippen LogP contribution in [0.4, 0.5) is 0 Å². The molecule has 1 aromatic rings. The lowest BCUT2D eigenvalue weighted by molar-refractivity contribution is -0.122. The molecule has 0 bridgehead atoms. The Bertz CT molecular complexity index is 476. The summed E-state index contributed by atoms with van der Waals surface area (Å²) < 4.78 is 0. The minimum atomic E-state index is -0.228. The van der Waals surface area contributed by atoms with Crippen molar-refractivity contribution in [2.75, 3.05) is 19.6 Å². The molecule has 21 heavy (non-hydrogen) atoms. The Morgan fingerprint density at radius 1 is 1.14 bits per heavy atom. The van der Waals surface area contributed by atoms with Gasteiger partial charge in [0, 0.05) is 13.1 Å². The molecule has 6 nitrogen and oxygen atoms in total. The van der Waals surface area contributed by atoms with Crippen LogP contribution in [0.5, 0.6) is 0 Å². The lowest BCUT2D eigenvalue weighted by atomic mass is 10.0. The minimum Gasteiger partial charge on any atom is -0.355 e. The van der Waals surface area contributed by atoms with Crippen molar-refractivity contribution < 1.29 is 9.59 Å². The first-order chi connectivity index (χ1) is 10.1. The van der Waals surface area contributed by atoms with Crippen LogP contribution in [0, 0.1) is 0 Å². The van der Waals surface area contributed by atoms with E-state index in [9.17, 15) is 9.59 Å². The van der Waals surface area contributed by atoms with Crippen LogP contribution in [0.25, 0.3) is 0 Å². The molecule has 0 radical (unpaired) electrons. The van der Waals surface area contributed by atoms with Gasteiger partial charge in [0.25, 0.3) is 0 Å². The second kappa shape index (κ2) is 9.10. The van der Waals surface area contributed by atoms with E-state index in [2.05, 4.69) is 10.7 Å². The van der Waals surface area contributed by atoms with Gasteiger partial charge in [0.1, 0.15) is 0 Å². The van der Waals surface area contributed by atoms with E-state index in [1.807, 2.05) is 43.0 Å². The van der Waals surface area contributed by atoms with Gasteiger partial charge in [0.05, 0.1) is 13.0 Å². The van der Waals surface area contributed by atoms with Crippen LogP contribution in [0.15, 0.2) is 24.3 Å². The minimum absolute atomic E-state index is 0.0107. The highest BCUT2D eigenvalue weighted by Gasteiger charge is 2.12. The van der Waals surface area contributed by atoms with Gasteiger partial charge < -0.3 is 5.32 Å². The van der Waals surface area contributed by atoms with Gasteiger partial charge in [-0.2, -0.15) is 0 Å². The summed E-state index contributed by atoms with van der Waals surface area (Å²) in [5.41, 5.74) is 4.10. The number of hydrogen-bond acceptors (Lipinski definition) is 4. The summed E-state index contributed by atoms with van der Waals surface area (Å²) in [6.07, 6.45) is 0.241. The van der Waals surface area contributed by atoms with E-state index in [1.165, 1.54) is 0 Å². The summed E-state index contributed by atoms with van der Waals surface area (Å²) in [5.74, 6) is 4.92. The topological polar surface area (TPSA) is 87.5 Å². The van der Waals surface area contributed by atoms with Gasteiger partial charge in [-0.15, -0.1) is 0 Å². The van der Waals surface area contributed by atoms with Crippen molar-refractivity contribution in [3.63, 3.8) is 0 Å². The average molecular weight is 292 g/mol. The van der Waals surface area contributed by atoms with E-state index in [-0.39, 0.29) is 18.2 Å². The highest BCUT2D eigenvalue weighted by Crippen LogP contribution is 2.12. The highest BCUT2D eigenvalue weighted by molar-refractivity contribution is 5.78. The molecule has 0 heterocycles. The van der Waals surface area contributed by atoms with Gasteiger partial charge in [-0.3, -0.25) is 19.9 Å². The predicted octanol–water partition coefficient (Wildman–Crippen LogP) is 0.177. The second-order valence-corrected chi connectivity index (χ2v) is 4.77. The second-order valence-electron chi connectivity index (χ2n) is 4.77. The van der Waals surface area contributed by atoms with Crippen molar-refractivity contribution in [1.29, 1.82) is 0 Å². The zero-order chi connectivity index (χ0) is 15.7. The molecule has 2 amide bonds. The van der Waals surface area contributed by atoms with E-state index >= 15 is 0 Å². The monoisotopic (exact) mass is 292 g/mol. The molecule has 0 aliphatic rings. The number of nitrogens with zero attached hydrogens (tertiary/aromatic N) is 1. The van der Waals surface area contributed by atoms with E-state index in [0.717, 1.165) is 17.7 Å². The third-order valence-corrected chi connectivity index (χ3v) is 3.21. The Morgan fingerprint density at radius 3 is 2.38 bits per heavy atom. The van der Waals surface area contributed by atoms with Crippen LogP contribution >= 0.6 is 0 Å². The fourth-order valence-corrected chi connectivity index (χ4v) is 2.08. The number of benzene rings is 1. The quantitative estimate of drug-likeness (QED) is 0.362. The van der Waals surface area contributed by atoms with E-state index in [4.69, 9.17) is 5.84 Å². The smallest absolute Gasteiger partial charge is 0.238 e. The number of nitrogens with two attached hydrogens (primary N) is 1. The van der Waals surface area contributed by atoms with Gasteiger partial charge in [-0.05, 0) is 24.6 Å². The summed E-state index contributed by atoms with van der Waals surface area (Å²) in [7, 11) is 0.